The average Bonchev–Trinajstić information content (AvgIpc) is 2.72. The van der Waals surface area contributed by atoms with Crippen molar-refractivity contribution in [1.29, 1.82) is 0 Å². The smallest absolute Gasteiger partial charge is 0.306 e. The van der Waals surface area contributed by atoms with E-state index in [4.69, 9.17) is 4.74 Å². The van der Waals surface area contributed by atoms with Gasteiger partial charge in [-0.25, -0.2) is 0 Å². The summed E-state index contributed by atoms with van der Waals surface area (Å²) >= 11 is 0. The summed E-state index contributed by atoms with van der Waals surface area (Å²) in [5.74, 6) is -0.733. The fraction of sp³-hybridized carbons (Fsp3) is 0.941. The summed E-state index contributed by atoms with van der Waals surface area (Å²) < 4.78 is 5.03. The Morgan fingerprint density at radius 2 is 0.889 bits per heavy atom. The fourth-order valence-electron chi connectivity index (χ4n) is 2.45. The minimum absolute atomic E-state index is 0.0239. The number of hydrogen-bond donors (Lipinski definition) is 8. The van der Waals surface area contributed by atoms with Crippen molar-refractivity contribution in [2.75, 3.05) is 59.5 Å². The number of aliphatic hydroxyl groups is 8. The predicted molar refractivity (Wildman–Crippen MR) is 93.4 cm³/mol. The van der Waals surface area contributed by atoms with Gasteiger partial charge in [0.25, 0.3) is 0 Å². The summed E-state index contributed by atoms with van der Waals surface area (Å²) in [6.45, 7) is -4.23. The lowest BCUT2D eigenvalue weighted by atomic mass is 9.75. The highest BCUT2D eigenvalue weighted by Gasteiger charge is 2.37. The first kappa shape index (κ1) is 26.1. The number of hydrogen-bond acceptors (Lipinski definition) is 10. The lowest BCUT2D eigenvalue weighted by molar-refractivity contribution is -0.150. The Kier molecular flexibility index (Phi) is 12.2. The molecule has 27 heavy (non-hydrogen) atoms. The highest BCUT2D eigenvalue weighted by Crippen LogP contribution is 2.34. The molecule has 0 unspecified atom stereocenters. The zero-order valence-electron chi connectivity index (χ0n) is 15.6. The molecule has 10 nitrogen and oxygen atoms in total. The summed E-state index contributed by atoms with van der Waals surface area (Å²) in [6, 6.07) is 0. The van der Waals surface area contributed by atoms with E-state index in [0.29, 0.717) is 0 Å². The summed E-state index contributed by atoms with van der Waals surface area (Å²) in [5, 5.41) is 75.1. The van der Waals surface area contributed by atoms with Gasteiger partial charge < -0.3 is 45.6 Å². The minimum atomic E-state index is -1.26. The van der Waals surface area contributed by atoms with Gasteiger partial charge in [-0.3, -0.25) is 4.79 Å². The topological polar surface area (TPSA) is 188 Å². The van der Waals surface area contributed by atoms with Crippen LogP contribution in [0.25, 0.3) is 0 Å². The second-order valence-electron chi connectivity index (χ2n) is 7.41. The largest absolute Gasteiger partial charge is 0.466 e. The zero-order valence-corrected chi connectivity index (χ0v) is 15.6. The molecule has 0 spiro atoms. The molecule has 0 fully saturated rings. The van der Waals surface area contributed by atoms with E-state index in [-0.39, 0.29) is 32.3 Å². The molecular formula is C17H34O10. The Morgan fingerprint density at radius 3 is 1.26 bits per heavy atom. The molecular weight excluding hydrogens is 364 g/mol. The van der Waals surface area contributed by atoms with Crippen LogP contribution in [0.15, 0.2) is 0 Å². The van der Waals surface area contributed by atoms with Crippen LogP contribution in [0.1, 0.15) is 25.7 Å². The molecule has 0 amide bonds. The first-order valence-electron chi connectivity index (χ1n) is 8.82. The van der Waals surface area contributed by atoms with Crippen molar-refractivity contribution in [1.82, 2.24) is 0 Å². The monoisotopic (exact) mass is 398 g/mol. The molecule has 0 aromatic heterocycles. The van der Waals surface area contributed by atoms with Crippen molar-refractivity contribution < 1.29 is 50.4 Å². The Morgan fingerprint density at radius 1 is 0.556 bits per heavy atom. The van der Waals surface area contributed by atoms with Crippen LogP contribution in [0.3, 0.4) is 0 Å². The van der Waals surface area contributed by atoms with Crippen LogP contribution in [0.5, 0.6) is 0 Å². The van der Waals surface area contributed by atoms with Gasteiger partial charge in [-0.05, 0) is 19.3 Å². The van der Waals surface area contributed by atoms with Crippen LogP contribution in [-0.4, -0.2) is 106 Å². The molecule has 0 aliphatic carbocycles. The van der Waals surface area contributed by atoms with Crippen molar-refractivity contribution in [3.8, 4) is 0 Å². The molecule has 0 aromatic carbocycles. The molecule has 0 heterocycles. The molecule has 0 aromatic rings. The predicted octanol–water partition coefficient (Wildman–Crippen LogP) is -3.01. The van der Waals surface area contributed by atoms with E-state index in [1.807, 2.05) is 0 Å². The Labute approximate surface area is 158 Å². The molecule has 0 radical (unpaired) electrons. The third kappa shape index (κ3) is 7.59. The summed E-state index contributed by atoms with van der Waals surface area (Å²) in [5.41, 5.74) is -3.62. The average molecular weight is 398 g/mol. The normalized spacial score (nSPS) is 13.0. The second-order valence-corrected chi connectivity index (χ2v) is 7.41. The second kappa shape index (κ2) is 12.6. The Balaban J connectivity index is 4.81. The zero-order chi connectivity index (χ0) is 21.0. The lowest BCUT2D eigenvalue weighted by Gasteiger charge is -2.34. The van der Waals surface area contributed by atoms with E-state index in [0.717, 1.165) is 0 Å². The number of rotatable bonds is 16. The number of esters is 1. The molecule has 8 N–H and O–H groups in total. The fourth-order valence-corrected chi connectivity index (χ4v) is 2.45. The van der Waals surface area contributed by atoms with Crippen molar-refractivity contribution in [3.05, 3.63) is 0 Å². The van der Waals surface area contributed by atoms with Gasteiger partial charge in [0.15, 0.2) is 0 Å². The number of ether oxygens (including phenoxy) is 1. The van der Waals surface area contributed by atoms with Gasteiger partial charge in [-0.2, -0.15) is 0 Å². The van der Waals surface area contributed by atoms with Gasteiger partial charge in [-0.15, -0.1) is 0 Å². The number of carbonyl (C=O) groups is 1. The van der Waals surface area contributed by atoms with Crippen LogP contribution in [0.4, 0.5) is 0 Å². The maximum Gasteiger partial charge on any atom is 0.306 e. The first-order chi connectivity index (χ1) is 12.8. The maximum atomic E-state index is 12.1. The van der Waals surface area contributed by atoms with Crippen LogP contribution >= 0.6 is 0 Å². The van der Waals surface area contributed by atoms with E-state index in [2.05, 4.69) is 0 Å². The van der Waals surface area contributed by atoms with Gasteiger partial charge in [0, 0.05) is 16.2 Å². The molecule has 0 rings (SSSR count). The van der Waals surface area contributed by atoms with Gasteiger partial charge in [0.1, 0.15) is 0 Å². The molecule has 0 saturated heterocycles. The lowest BCUT2D eigenvalue weighted by Crippen LogP contribution is -2.39. The maximum absolute atomic E-state index is 12.1. The third-order valence-electron chi connectivity index (χ3n) is 5.28. The molecule has 0 aliphatic heterocycles. The minimum Gasteiger partial charge on any atom is -0.466 e. The SMILES string of the molecule is O=C(CC(CO)(CO)CCC(CO)(CO)CO)OCCC(CO)(CO)CO. The van der Waals surface area contributed by atoms with Gasteiger partial charge in [-0.1, -0.05) is 0 Å². The summed E-state index contributed by atoms with van der Waals surface area (Å²) in [6.07, 6.45) is -0.211. The molecule has 0 saturated carbocycles. The van der Waals surface area contributed by atoms with Crippen molar-refractivity contribution in [2.24, 2.45) is 16.2 Å². The van der Waals surface area contributed by atoms with E-state index >= 15 is 0 Å². The van der Waals surface area contributed by atoms with Crippen LogP contribution in [0, 0.1) is 16.2 Å². The van der Waals surface area contributed by atoms with Gasteiger partial charge in [0.2, 0.25) is 0 Å². The summed E-state index contributed by atoms with van der Waals surface area (Å²) in [4.78, 5) is 12.1. The molecule has 0 aliphatic rings. The highest BCUT2D eigenvalue weighted by atomic mass is 16.5. The van der Waals surface area contributed by atoms with Crippen LogP contribution in [0.2, 0.25) is 0 Å². The van der Waals surface area contributed by atoms with Crippen LogP contribution < -0.4 is 0 Å². The number of carbonyl (C=O) groups excluding carboxylic acids is 1. The molecule has 10 heteroatoms. The van der Waals surface area contributed by atoms with E-state index in [1.165, 1.54) is 0 Å². The Hall–Kier alpha value is -0.850. The number of aliphatic hydroxyl groups excluding tert-OH is 8. The molecule has 162 valence electrons. The van der Waals surface area contributed by atoms with Crippen LogP contribution in [-0.2, 0) is 9.53 Å². The van der Waals surface area contributed by atoms with Gasteiger partial charge in [0.05, 0.1) is 65.9 Å². The standard InChI is InChI=1S/C17H34O10/c18-6-15(7-19,1-2-16(8-20,9-21)10-22)5-14(26)27-4-3-17(11-23,12-24)13-25/h18-25H,1-13H2. The quantitative estimate of drug-likeness (QED) is 0.124. The highest BCUT2D eigenvalue weighted by molar-refractivity contribution is 5.70. The van der Waals surface area contributed by atoms with Crippen molar-refractivity contribution in [3.63, 3.8) is 0 Å². The van der Waals surface area contributed by atoms with E-state index < -0.39 is 75.1 Å². The van der Waals surface area contributed by atoms with Gasteiger partial charge >= 0.3 is 5.97 Å². The van der Waals surface area contributed by atoms with E-state index in [9.17, 15) is 45.6 Å². The molecule has 0 bridgehead atoms. The van der Waals surface area contributed by atoms with Crippen molar-refractivity contribution in [2.45, 2.75) is 25.7 Å². The first-order valence-corrected chi connectivity index (χ1v) is 8.82. The Bertz CT molecular complexity index is 386. The molecule has 0 atom stereocenters. The van der Waals surface area contributed by atoms with E-state index in [1.54, 1.807) is 0 Å². The summed E-state index contributed by atoms with van der Waals surface area (Å²) in [7, 11) is 0. The third-order valence-corrected chi connectivity index (χ3v) is 5.28. The van der Waals surface area contributed by atoms with Crippen molar-refractivity contribution >= 4 is 5.97 Å².